The van der Waals surface area contributed by atoms with Crippen molar-refractivity contribution in [3.63, 3.8) is 0 Å². The number of thiazole rings is 1. The first-order valence-electron chi connectivity index (χ1n) is 9.64. The first-order chi connectivity index (χ1) is 13.9. The van der Waals surface area contributed by atoms with Crippen LogP contribution < -0.4 is 0 Å². The number of halogens is 2. The Labute approximate surface area is 171 Å². The second-order valence-electron chi connectivity index (χ2n) is 7.72. The molecule has 5 nitrogen and oxygen atoms in total. The highest BCUT2D eigenvalue weighted by Gasteiger charge is 2.30. The number of hydrogen-bond donors (Lipinski definition) is 0. The fourth-order valence-corrected chi connectivity index (χ4v) is 4.38. The predicted octanol–water partition coefficient (Wildman–Crippen LogP) is 4.23. The van der Waals surface area contributed by atoms with E-state index in [0.29, 0.717) is 25.9 Å². The SMILES string of the molecule is CC(F)(F)CN1CCC(C(=O)Cc2cc3cc(-c4cncs4)ncc3cn2)CC1. The molecule has 0 radical (unpaired) electrons. The Bertz CT molecular complexity index is 996. The number of rotatable bonds is 6. The van der Waals surface area contributed by atoms with E-state index >= 15 is 0 Å². The van der Waals surface area contributed by atoms with E-state index in [2.05, 4.69) is 15.0 Å². The second-order valence-corrected chi connectivity index (χ2v) is 8.61. The van der Waals surface area contributed by atoms with Crippen molar-refractivity contribution >= 4 is 27.9 Å². The Hall–Kier alpha value is -2.32. The van der Waals surface area contributed by atoms with Gasteiger partial charge in [0.25, 0.3) is 5.92 Å². The molecule has 0 spiro atoms. The summed E-state index contributed by atoms with van der Waals surface area (Å²) in [5, 5.41) is 1.91. The number of pyridine rings is 2. The third kappa shape index (κ3) is 5.00. The number of carbonyl (C=O) groups is 1. The molecule has 0 bridgehead atoms. The molecule has 0 N–H and O–H groups in total. The lowest BCUT2D eigenvalue weighted by molar-refractivity contribution is -0.124. The highest BCUT2D eigenvalue weighted by molar-refractivity contribution is 7.13. The fourth-order valence-electron chi connectivity index (χ4n) is 3.79. The highest BCUT2D eigenvalue weighted by Crippen LogP contribution is 2.26. The largest absolute Gasteiger partial charge is 0.299 e. The molecule has 0 aliphatic carbocycles. The van der Waals surface area contributed by atoms with Crippen LogP contribution in [-0.4, -0.2) is 51.2 Å². The lowest BCUT2D eigenvalue weighted by atomic mass is 9.90. The number of piperidine rings is 1. The van der Waals surface area contributed by atoms with Crippen molar-refractivity contribution in [2.24, 2.45) is 5.92 Å². The normalized spacial score (nSPS) is 16.4. The third-order valence-corrected chi connectivity index (χ3v) is 6.04. The zero-order chi connectivity index (χ0) is 20.4. The van der Waals surface area contributed by atoms with Gasteiger partial charge in [0.2, 0.25) is 0 Å². The number of fused-ring (bicyclic) bond motifs is 1. The van der Waals surface area contributed by atoms with Crippen LogP contribution >= 0.6 is 11.3 Å². The van der Waals surface area contributed by atoms with Crippen molar-refractivity contribution in [2.75, 3.05) is 19.6 Å². The molecule has 1 aliphatic rings. The molecule has 1 saturated heterocycles. The van der Waals surface area contributed by atoms with Crippen molar-refractivity contribution in [2.45, 2.75) is 32.1 Å². The standard InChI is InChI=1S/C21H22F2N4OS/c1-21(22,23)12-27-4-2-14(3-5-27)19(28)8-17-6-15-7-18(20-11-24-13-29-20)26-10-16(15)9-25-17/h6-7,9-11,13-14H,2-5,8,12H2,1H3. The van der Waals surface area contributed by atoms with Crippen LogP contribution in [0.4, 0.5) is 8.78 Å². The first-order valence-corrected chi connectivity index (χ1v) is 10.5. The number of alkyl halides is 2. The van der Waals surface area contributed by atoms with Crippen molar-refractivity contribution in [3.05, 3.63) is 41.9 Å². The van der Waals surface area contributed by atoms with Gasteiger partial charge in [0.15, 0.2) is 0 Å². The summed E-state index contributed by atoms with van der Waals surface area (Å²) in [5.74, 6) is -2.64. The Morgan fingerprint density at radius 1 is 1.17 bits per heavy atom. The number of hydrogen-bond acceptors (Lipinski definition) is 6. The minimum Gasteiger partial charge on any atom is -0.299 e. The van der Waals surface area contributed by atoms with E-state index in [-0.39, 0.29) is 24.7 Å². The first kappa shape index (κ1) is 20.0. The topological polar surface area (TPSA) is 59.0 Å². The Morgan fingerprint density at radius 3 is 2.62 bits per heavy atom. The van der Waals surface area contributed by atoms with E-state index in [1.165, 1.54) is 11.3 Å². The average molecular weight is 416 g/mol. The summed E-state index contributed by atoms with van der Waals surface area (Å²) < 4.78 is 26.3. The number of nitrogens with zero attached hydrogens (tertiary/aromatic N) is 4. The van der Waals surface area contributed by atoms with Crippen LogP contribution in [0.15, 0.2) is 36.2 Å². The highest BCUT2D eigenvalue weighted by atomic mass is 32.1. The summed E-state index contributed by atoms with van der Waals surface area (Å²) in [7, 11) is 0. The summed E-state index contributed by atoms with van der Waals surface area (Å²) in [6, 6.07) is 3.92. The van der Waals surface area contributed by atoms with Crippen LogP contribution in [0.5, 0.6) is 0 Å². The van der Waals surface area contributed by atoms with Gasteiger partial charge in [-0.05, 0) is 43.5 Å². The maximum absolute atomic E-state index is 13.2. The Balaban J connectivity index is 1.42. The molecule has 0 unspecified atom stereocenters. The number of likely N-dealkylation sites (tertiary alicyclic amines) is 1. The maximum Gasteiger partial charge on any atom is 0.257 e. The number of carbonyl (C=O) groups excluding carboxylic acids is 1. The molecular formula is C21H22F2N4OS. The van der Waals surface area contributed by atoms with E-state index in [4.69, 9.17) is 0 Å². The Morgan fingerprint density at radius 2 is 1.93 bits per heavy atom. The maximum atomic E-state index is 13.2. The van der Waals surface area contributed by atoms with Crippen LogP contribution in [0.25, 0.3) is 21.3 Å². The summed E-state index contributed by atoms with van der Waals surface area (Å²) in [5.41, 5.74) is 3.35. The monoisotopic (exact) mass is 416 g/mol. The number of aromatic nitrogens is 3. The molecule has 1 aliphatic heterocycles. The van der Waals surface area contributed by atoms with Crippen LogP contribution in [0.1, 0.15) is 25.5 Å². The van der Waals surface area contributed by atoms with Gasteiger partial charge in [-0.15, -0.1) is 11.3 Å². The van der Waals surface area contributed by atoms with Crippen molar-refractivity contribution in [1.29, 1.82) is 0 Å². The molecule has 4 heterocycles. The van der Waals surface area contributed by atoms with Crippen LogP contribution in [0, 0.1) is 5.92 Å². The number of Topliss-reactive ketones (excluding diaryl/α,β-unsaturated/α-hetero) is 1. The molecule has 29 heavy (non-hydrogen) atoms. The molecule has 1 fully saturated rings. The average Bonchev–Trinajstić information content (AvgIpc) is 3.21. The van der Waals surface area contributed by atoms with Gasteiger partial charge in [0, 0.05) is 48.9 Å². The second kappa shape index (κ2) is 8.20. The van der Waals surface area contributed by atoms with E-state index < -0.39 is 5.92 Å². The molecule has 3 aromatic rings. The third-order valence-electron chi connectivity index (χ3n) is 5.24. The molecule has 3 aromatic heterocycles. The van der Waals surface area contributed by atoms with E-state index in [9.17, 15) is 13.6 Å². The van der Waals surface area contributed by atoms with E-state index in [0.717, 1.165) is 34.0 Å². The minimum atomic E-state index is -2.70. The molecule has 0 amide bonds. The molecular weight excluding hydrogens is 394 g/mol. The predicted molar refractivity (Wildman–Crippen MR) is 109 cm³/mol. The zero-order valence-electron chi connectivity index (χ0n) is 16.1. The van der Waals surface area contributed by atoms with Crippen LogP contribution in [-0.2, 0) is 11.2 Å². The summed E-state index contributed by atoms with van der Waals surface area (Å²) >= 11 is 1.53. The van der Waals surface area contributed by atoms with Gasteiger partial charge in [-0.1, -0.05) is 0 Å². The van der Waals surface area contributed by atoms with E-state index in [1.807, 2.05) is 12.1 Å². The molecule has 152 valence electrons. The molecule has 0 saturated carbocycles. The van der Waals surface area contributed by atoms with Gasteiger partial charge in [-0.3, -0.25) is 24.6 Å². The zero-order valence-corrected chi connectivity index (χ0v) is 17.0. The summed E-state index contributed by atoms with van der Waals surface area (Å²) in [6.07, 6.45) is 6.83. The lowest BCUT2D eigenvalue weighted by Crippen LogP contribution is -2.42. The van der Waals surface area contributed by atoms with Gasteiger partial charge in [-0.25, -0.2) is 8.78 Å². The molecule has 0 aromatic carbocycles. The van der Waals surface area contributed by atoms with Crippen LogP contribution in [0.2, 0.25) is 0 Å². The van der Waals surface area contributed by atoms with Gasteiger partial charge in [-0.2, -0.15) is 0 Å². The smallest absolute Gasteiger partial charge is 0.257 e. The Kier molecular flexibility index (Phi) is 5.65. The lowest BCUT2D eigenvalue weighted by Gasteiger charge is -2.32. The summed E-state index contributed by atoms with van der Waals surface area (Å²) in [6.45, 7) is 1.77. The van der Waals surface area contributed by atoms with Crippen molar-refractivity contribution in [3.8, 4) is 10.6 Å². The van der Waals surface area contributed by atoms with Crippen molar-refractivity contribution in [1.82, 2.24) is 19.9 Å². The summed E-state index contributed by atoms with van der Waals surface area (Å²) in [4.78, 5) is 28.4. The molecule has 0 atom stereocenters. The fraction of sp³-hybridized carbons (Fsp3) is 0.429. The van der Waals surface area contributed by atoms with Gasteiger partial charge in [0.05, 0.1) is 22.6 Å². The van der Waals surface area contributed by atoms with Crippen molar-refractivity contribution < 1.29 is 13.6 Å². The molecule has 8 heteroatoms. The van der Waals surface area contributed by atoms with Crippen LogP contribution in [0.3, 0.4) is 0 Å². The minimum absolute atomic E-state index is 0.0839. The van der Waals surface area contributed by atoms with E-state index in [1.54, 1.807) is 29.0 Å². The quantitative estimate of drug-likeness (QED) is 0.602. The van der Waals surface area contributed by atoms with Gasteiger partial charge >= 0.3 is 0 Å². The number of ketones is 1. The molecule has 4 rings (SSSR count). The van der Waals surface area contributed by atoms with Gasteiger partial charge in [0.1, 0.15) is 5.78 Å². The van der Waals surface area contributed by atoms with Gasteiger partial charge < -0.3 is 0 Å².